The van der Waals surface area contributed by atoms with Gasteiger partial charge in [-0.05, 0) is 0 Å². The van der Waals surface area contributed by atoms with Gasteiger partial charge in [-0.25, -0.2) is 0 Å². The summed E-state index contributed by atoms with van der Waals surface area (Å²) in [7, 11) is -3.05. The molecule has 111 valence electrons. The van der Waals surface area contributed by atoms with Gasteiger partial charge in [0.15, 0.2) is 0 Å². The van der Waals surface area contributed by atoms with Crippen molar-refractivity contribution in [3.63, 3.8) is 0 Å². The standard InChI is InChI=1S/C13H25OSi2.2ClH.Ti/c1-7-13(12-10-8-9-11-12)16(5,6)14-15(2,3)4;;;/h8,10,13H,7,9H2,1-6H3;2*1H;. The minimum absolute atomic E-state index is 0. The molecule has 0 aromatic heterocycles. The van der Waals surface area contributed by atoms with Crippen LogP contribution in [0.1, 0.15) is 19.8 Å². The smallest absolute Gasteiger partial charge is 0.147 e. The summed E-state index contributed by atoms with van der Waals surface area (Å²) in [5.41, 5.74) is 2.23. The minimum atomic E-state index is -1.62. The monoisotopic (exact) mass is 373 g/mol. The predicted octanol–water partition coefficient (Wildman–Crippen LogP) is 5.43. The first-order valence-electron chi connectivity index (χ1n) is 6.48. The first kappa shape index (κ1) is 22.4. The maximum atomic E-state index is 6.55. The summed E-state index contributed by atoms with van der Waals surface area (Å²) >= 11 is 2.27. The summed E-state index contributed by atoms with van der Waals surface area (Å²) in [6.07, 6.45) is 6.99. The van der Waals surface area contributed by atoms with Crippen LogP contribution in [0.3, 0.4) is 0 Å². The molecule has 1 nitrogen and oxygen atoms in total. The number of rotatable bonds is 5. The Hall–Kier alpha value is 1.17. The molecule has 1 rings (SSSR count). The largest absolute Gasteiger partial charge is 0.147 e. The van der Waals surface area contributed by atoms with E-state index in [1.54, 1.807) is 9.45 Å². The molecule has 0 fully saturated rings. The van der Waals surface area contributed by atoms with Crippen LogP contribution in [0, 0.1) is 0 Å². The minimum Gasteiger partial charge on any atom is -0.147 e. The molecule has 1 aliphatic carbocycles. The van der Waals surface area contributed by atoms with Crippen molar-refractivity contribution in [2.75, 3.05) is 0 Å². The van der Waals surface area contributed by atoms with Gasteiger partial charge in [-0.3, -0.25) is 0 Å². The third kappa shape index (κ3) is 6.64. The van der Waals surface area contributed by atoms with E-state index in [0.29, 0.717) is 5.54 Å². The third-order valence-corrected chi connectivity index (χ3v) is 10.9. The molecule has 0 saturated carbocycles. The number of halogens is 2. The van der Waals surface area contributed by atoms with Crippen molar-refractivity contribution in [1.29, 1.82) is 0 Å². The zero-order valence-electron chi connectivity index (χ0n) is 12.9. The molecule has 0 aliphatic heterocycles. The van der Waals surface area contributed by atoms with Crippen molar-refractivity contribution >= 4 is 41.4 Å². The Kier molecular flexibility index (Phi) is 10.1. The van der Waals surface area contributed by atoms with E-state index in [1.165, 1.54) is 6.42 Å². The second kappa shape index (κ2) is 8.57. The topological polar surface area (TPSA) is 9.23 Å². The van der Waals surface area contributed by atoms with E-state index in [4.69, 9.17) is 4.12 Å². The fourth-order valence-corrected chi connectivity index (χ4v) is 12.5. The van der Waals surface area contributed by atoms with E-state index < -0.39 is 16.6 Å². The van der Waals surface area contributed by atoms with E-state index in [0.717, 1.165) is 6.42 Å². The van der Waals surface area contributed by atoms with Crippen LogP contribution < -0.4 is 0 Å². The summed E-state index contributed by atoms with van der Waals surface area (Å²) in [4.78, 5) is 0. The zero-order valence-corrected chi connectivity index (χ0v) is 18.1. The average Bonchev–Trinajstić information content (AvgIpc) is 2.48. The Morgan fingerprint density at radius 1 is 1.21 bits per heavy atom. The molecule has 0 bridgehead atoms. The van der Waals surface area contributed by atoms with Gasteiger partial charge in [0.05, 0.1) is 0 Å². The molecule has 1 unspecified atom stereocenters. The van der Waals surface area contributed by atoms with Crippen LogP contribution in [0.2, 0.25) is 38.3 Å². The third-order valence-electron chi connectivity index (χ3n) is 3.16. The summed E-state index contributed by atoms with van der Waals surface area (Å²) < 4.78 is 8.10. The van der Waals surface area contributed by atoms with Crippen LogP contribution >= 0.6 is 24.8 Å². The molecule has 0 radical (unpaired) electrons. The van der Waals surface area contributed by atoms with Gasteiger partial charge < -0.3 is 0 Å². The first-order valence-corrected chi connectivity index (χ1v) is 13.7. The van der Waals surface area contributed by atoms with Crippen LogP contribution in [0.15, 0.2) is 21.6 Å². The summed E-state index contributed by atoms with van der Waals surface area (Å²) in [6, 6.07) is 0. The SMILES string of the molecule is CCC(C1=[C]([Ti])CC=C1)[Si](C)(C)O[Si](C)(C)C.Cl.Cl. The Morgan fingerprint density at radius 2 is 1.74 bits per heavy atom. The maximum absolute atomic E-state index is 6.55. The molecule has 1 aliphatic rings. The van der Waals surface area contributed by atoms with Gasteiger partial charge in [-0.1, -0.05) is 0 Å². The van der Waals surface area contributed by atoms with E-state index in [2.05, 4.69) is 72.2 Å². The first-order chi connectivity index (χ1) is 7.67. The normalized spacial score (nSPS) is 16.9. The Morgan fingerprint density at radius 3 is 2.05 bits per heavy atom. The Bertz CT molecular complexity index is 349. The second-order valence-electron chi connectivity index (χ2n) is 6.32. The van der Waals surface area contributed by atoms with Gasteiger partial charge in [-0.2, -0.15) is 0 Å². The van der Waals surface area contributed by atoms with Crippen LogP contribution in [-0.4, -0.2) is 16.6 Å². The summed E-state index contributed by atoms with van der Waals surface area (Å²) in [5, 5.41) is 0. The maximum Gasteiger partial charge on any atom is -0.147 e. The molecular formula is C13H27Cl2OSi2Ti. The van der Waals surface area contributed by atoms with Crippen molar-refractivity contribution < 1.29 is 24.6 Å². The van der Waals surface area contributed by atoms with Gasteiger partial charge in [-0.15, -0.1) is 24.8 Å². The number of hydrogen-bond acceptors (Lipinski definition) is 1. The second-order valence-corrected chi connectivity index (χ2v) is 16.2. The Labute approximate surface area is 145 Å². The van der Waals surface area contributed by atoms with Crippen LogP contribution in [0.25, 0.3) is 0 Å². The summed E-state index contributed by atoms with van der Waals surface area (Å²) in [5.74, 6) is 0. The van der Waals surface area contributed by atoms with Crippen molar-refractivity contribution in [3.8, 4) is 0 Å². The molecule has 0 aromatic carbocycles. The van der Waals surface area contributed by atoms with Crippen LogP contribution in [0.5, 0.6) is 0 Å². The quantitative estimate of drug-likeness (QED) is 0.584. The predicted molar refractivity (Wildman–Crippen MR) is 91.2 cm³/mol. The fourth-order valence-electron chi connectivity index (χ4n) is 2.79. The summed E-state index contributed by atoms with van der Waals surface area (Å²) in [6.45, 7) is 14.0. The van der Waals surface area contributed by atoms with Gasteiger partial charge in [0.25, 0.3) is 0 Å². The molecule has 6 heteroatoms. The van der Waals surface area contributed by atoms with Crippen molar-refractivity contribution in [3.05, 3.63) is 21.6 Å². The van der Waals surface area contributed by atoms with Gasteiger partial charge in [0.2, 0.25) is 0 Å². The molecular weight excluding hydrogens is 347 g/mol. The molecule has 0 N–H and O–H groups in total. The van der Waals surface area contributed by atoms with E-state index >= 15 is 0 Å². The Balaban J connectivity index is 0. The zero-order chi connectivity index (χ0) is 13.3. The van der Waals surface area contributed by atoms with Gasteiger partial charge in [0.1, 0.15) is 0 Å². The van der Waals surface area contributed by atoms with Crippen LogP contribution in [0.4, 0.5) is 0 Å². The number of allylic oxidation sites excluding steroid dienone is 4. The van der Waals surface area contributed by atoms with Gasteiger partial charge >= 0.3 is 121 Å². The molecule has 0 saturated heterocycles. The molecule has 19 heavy (non-hydrogen) atoms. The van der Waals surface area contributed by atoms with Crippen molar-refractivity contribution in [2.24, 2.45) is 0 Å². The van der Waals surface area contributed by atoms with E-state index in [-0.39, 0.29) is 24.8 Å². The molecule has 0 amide bonds. The molecule has 0 spiro atoms. The van der Waals surface area contributed by atoms with Crippen molar-refractivity contribution in [1.82, 2.24) is 0 Å². The molecule has 0 aromatic rings. The van der Waals surface area contributed by atoms with Crippen LogP contribution in [-0.2, 0) is 24.6 Å². The van der Waals surface area contributed by atoms with E-state index in [1.807, 2.05) is 0 Å². The molecule has 1 atom stereocenters. The number of hydrogen-bond donors (Lipinski definition) is 0. The van der Waals surface area contributed by atoms with E-state index in [9.17, 15) is 0 Å². The average molecular weight is 374 g/mol. The fraction of sp³-hybridized carbons (Fsp3) is 0.692. The van der Waals surface area contributed by atoms with Gasteiger partial charge in [0, 0.05) is 0 Å². The molecule has 0 heterocycles. The van der Waals surface area contributed by atoms with Crippen molar-refractivity contribution in [2.45, 2.75) is 58.0 Å².